The summed E-state index contributed by atoms with van der Waals surface area (Å²) in [6.07, 6.45) is 1.67. The van der Waals surface area contributed by atoms with Crippen molar-refractivity contribution in [3.8, 4) is 0 Å². The summed E-state index contributed by atoms with van der Waals surface area (Å²) in [6, 6.07) is 20.6. The van der Waals surface area contributed by atoms with Crippen LogP contribution >= 0.6 is 0 Å². The van der Waals surface area contributed by atoms with Gasteiger partial charge in [-0.3, -0.25) is 0 Å². The Balaban J connectivity index is 2.19. The molecule has 0 radical (unpaired) electrons. The smallest absolute Gasteiger partial charge is 0.336 e. The van der Waals surface area contributed by atoms with Gasteiger partial charge in [-0.05, 0) is 40.1 Å². The first kappa shape index (κ1) is 13.9. The standard InChI is InChI=1S/C19H15NO2/c20-15-10-8-13(9-11-15)12-18(19(21)22)17-7-3-5-14-4-1-2-6-16(14)17/h1-12H,20H2,(H,21,22). The van der Waals surface area contributed by atoms with Crippen molar-refractivity contribution in [3.05, 3.63) is 77.9 Å². The second kappa shape index (κ2) is 5.74. The number of anilines is 1. The Hall–Kier alpha value is -3.07. The predicted octanol–water partition coefficient (Wildman–Crippen LogP) is 4.05. The van der Waals surface area contributed by atoms with Crippen molar-refractivity contribution in [3.63, 3.8) is 0 Å². The molecule has 0 unspecified atom stereocenters. The van der Waals surface area contributed by atoms with Gasteiger partial charge in [0.15, 0.2) is 0 Å². The summed E-state index contributed by atoms with van der Waals surface area (Å²) in [6.45, 7) is 0. The van der Waals surface area contributed by atoms with Crippen LogP contribution < -0.4 is 5.73 Å². The number of nitrogens with two attached hydrogens (primary N) is 1. The fraction of sp³-hybridized carbons (Fsp3) is 0. The molecule has 0 atom stereocenters. The third-order valence-corrected chi connectivity index (χ3v) is 3.56. The van der Waals surface area contributed by atoms with Crippen LogP contribution in [0.15, 0.2) is 66.7 Å². The van der Waals surface area contributed by atoms with E-state index in [1.807, 2.05) is 54.6 Å². The molecular formula is C19H15NO2. The van der Waals surface area contributed by atoms with Crippen molar-refractivity contribution in [1.82, 2.24) is 0 Å². The SMILES string of the molecule is Nc1ccc(C=C(C(=O)O)c2cccc3ccccc23)cc1. The van der Waals surface area contributed by atoms with E-state index in [2.05, 4.69) is 0 Å². The van der Waals surface area contributed by atoms with Crippen molar-refractivity contribution >= 4 is 34.1 Å². The monoisotopic (exact) mass is 289 g/mol. The number of carboxylic acids is 1. The molecule has 3 aromatic rings. The molecule has 0 fully saturated rings. The zero-order valence-corrected chi connectivity index (χ0v) is 11.9. The lowest BCUT2D eigenvalue weighted by molar-refractivity contribution is -0.130. The summed E-state index contributed by atoms with van der Waals surface area (Å²) in [5, 5.41) is 11.6. The van der Waals surface area contributed by atoms with Crippen molar-refractivity contribution in [2.45, 2.75) is 0 Å². The molecule has 0 spiro atoms. The van der Waals surface area contributed by atoms with Gasteiger partial charge in [0.25, 0.3) is 0 Å². The van der Waals surface area contributed by atoms with Gasteiger partial charge in [-0.2, -0.15) is 0 Å². The van der Waals surface area contributed by atoms with E-state index in [0.717, 1.165) is 16.3 Å². The minimum absolute atomic E-state index is 0.265. The van der Waals surface area contributed by atoms with Gasteiger partial charge < -0.3 is 10.8 Å². The molecule has 3 N–H and O–H groups in total. The van der Waals surface area contributed by atoms with Crippen molar-refractivity contribution in [2.75, 3.05) is 5.73 Å². The van der Waals surface area contributed by atoms with Gasteiger partial charge in [-0.1, -0.05) is 54.6 Å². The van der Waals surface area contributed by atoms with E-state index < -0.39 is 5.97 Å². The lowest BCUT2D eigenvalue weighted by Gasteiger charge is -2.08. The average Bonchev–Trinajstić information content (AvgIpc) is 2.54. The largest absolute Gasteiger partial charge is 0.478 e. The normalized spacial score (nSPS) is 11.5. The van der Waals surface area contributed by atoms with Crippen LogP contribution in [-0.4, -0.2) is 11.1 Å². The minimum atomic E-state index is -0.951. The molecule has 0 saturated heterocycles. The number of hydrogen-bond acceptors (Lipinski definition) is 2. The first-order valence-electron chi connectivity index (χ1n) is 6.94. The number of rotatable bonds is 3. The quantitative estimate of drug-likeness (QED) is 0.434. The van der Waals surface area contributed by atoms with E-state index in [-0.39, 0.29) is 5.57 Å². The zero-order valence-electron chi connectivity index (χ0n) is 11.9. The van der Waals surface area contributed by atoms with Gasteiger partial charge in [-0.15, -0.1) is 0 Å². The van der Waals surface area contributed by atoms with E-state index in [4.69, 9.17) is 5.73 Å². The number of hydrogen-bond donors (Lipinski definition) is 2. The van der Waals surface area contributed by atoms with E-state index in [1.54, 1.807) is 18.2 Å². The van der Waals surface area contributed by atoms with E-state index in [9.17, 15) is 9.90 Å². The van der Waals surface area contributed by atoms with Gasteiger partial charge >= 0.3 is 5.97 Å². The molecule has 0 aromatic heterocycles. The lowest BCUT2D eigenvalue weighted by atomic mass is 9.96. The Bertz CT molecular complexity index is 859. The van der Waals surface area contributed by atoms with E-state index >= 15 is 0 Å². The highest BCUT2D eigenvalue weighted by Gasteiger charge is 2.13. The lowest BCUT2D eigenvalue weighted by Crippen LogP contribution is -2.00. The third kappa shape index (κ3) is 2.69. The fourth-order valence-corrected chi connectivity index (χ4v) is 2.47. The second-order valence-corrected chi connectivity index (χ2v) is 5.06. The Morgan fingerprint density at radius 3 is 2.32 bits per heavy atom. The number of nitrogen functional groups attached to an aromatic ring is 1. The van der Waals surface area contributed by atoms with Crippen LogP contribution in [0.2, 0.25) is 0 Å². The predicted molar refractivity (Wildman–Crippen MR) is 90.3 cm³/mol. The van der Waals surface area contributed by atoms with Gasteiger partial charge in [-0.25, -0.2) is 4.79 Å². The third-order valence-electron chi connectivity index (χ3n) is 3.56. The number of carboxylic acid groups (broad SMARTS) is 1. The van der Waals surface area contributed by atoms with Crippen molar-refractivity contribution < 1.29 is 9.90 Å². The first-order chi connectivity index (χ1) is 10.6. The summed E-state index contributed by atoms with van der Waals surface area (Å²) >= 11 is 0. The Kier molecular flexibility index (Phi) is 3.62. The second-order valence-electron chi connectivity index (χ2n) is 5.06. The van der Waals surface area contributed by atoms with Gasteiger partial charge in [0, 0.05) is 5.69 Å². The van der Waals surface area contributed by atoms with E-state index in [1.165, 1.54) is 0 Å². The molecule has 3 heteroatoms. The van der Waals surface area contributed by atoms with Gasteiger partial charge in [0.05, 0.1) is 5.57 Å². The zero-order chi connectivity index (χ0) is 15.5. The van der Waals surface area contributed by atoms with Crippen LogP contribution in [0.4, 0.5) is 5.69 Å². The highest BCUT2D eigenvalue weighted by molar-refractivity contribution is 6.23. The molecule has 22 heavy (non-hydrogen) atoms. The molecule has 0 bridgehead atoms. The molecule has 0 aliphatic heterocycles. The highest BCUT2D eigenvalue weighted by atomic mass is 16.4. The molecule has 3 rings (SSSR count). The Morgan fingerprint density at radius 1 is 0.909 bits per heavy atom. The molecule has 0 aliphatic rings. The van der Waals surface area contributed by atoms with Crippen molar-refractivity contribution in [2.24, 2.45) is 0 Å². The van der Waals surface area contributed by atoms with Crippen molar-refractivity contribution in [1.29, 1.82) is 0 Å². The maximum absolute atomic E-state index is 11.7. The number of fused-ring (bicyclic) bond motifs is 1. The Labute approximate surface area is 128 Å². The summed E-state index contributed by atoms with van der Waals surface area (Å²) in [4.78, 5) is 11.7. The molecule has 0 amide bonds. The average molecular weight is 289 g/mol. The fourth-order valence-electron chi connectivity index (χ4n) is 2.47. The summed E-state index contributed by atoms with van der Waals surface area (Å²) in [5.74, 6) is -0.951. The van der Waals surface area contributed by atoms with E-state index in [0.29, 0.717) is 11.3 Å². The summed E-state index contributed by atoms with van der Waals surface area (Å²) in [7, 11) is 0. The van der Waals surface area contributed by atoms with Crippen LogP contribution in [0.3, 0.4) is 0 Å². The Morgan fingerprint density at radius 2 is 1.59 bits per heavy atom. The van der Waals surface area contributed by atoms with Crippen LogP contribution in [0.1, 0.15) is 11.1 Å². The van der Waals surface area contributed by atoms with Gasteiger partial charge in [0.2, 0.25) is 0 Å². The van der Waals surface area contributed by atoms with Gasteiger partial charge in [0.1, 0.15) is 0 Å². The van der Waals surface area contributed by atoms with Crippen LogP contribution in [-0.2, 0) is 4.79 Å². The molecule has 3 aromatic carbocycles. The minimum Gasteiger partial charge on any atom is -0.478 e. The molecular weight excluding hydrogens is 274 g/mol. The molecule has 0 heterocycles. The maximum atomic E-state index is 11.7. The molecule has 0 aliphatic carbocycles. The van der Waals surface area contributed by atoms with Crippen LogP contribution in [0.5, 0.6) is 0 Å². The molecule has 108 valence electrons. The number of carbonyl (C=O) groups is 1. The summed E-state index contributed by atoms with van der Waals surface area (Å²) in [5.41, 5.74) is 8.10. The maximum Gasteiger partial charge on any atom is 0.336 e. The van der Waals surface area contributed by atoms with Crippen LogP contribution in [0.25, 0.3) is 22.4 Å². The van der Waals surface area contributed by atoms with Crippen LogP contribution in [0, 0.1) is 0 Å². The molecule has 3 nitrogen and oxygen atoms in total. The summed E-state index contributed by atoms with van der Waals surface area (Å²) < 4.78 is 0. The number of benzene rings is 3. The highest BCUT2D eigenvalue weighted by Crippen LogP contribution is 2.27. The number of aliphatic carboxylic acids is 1. The topological polar surface area (TPSA) is 63.3 Å². The first-order valence-corrected chi connectivity index (χ1v) is 6.94. The molecule has 0 saturated carbocycles.